The first kappa shape index (κ1) is 10.9. The van der Waals surface area contributed by atoms with Crippen LogP contribution in [0.4, 0.5) is 0 Å². The van der Waals surface area contributed by atoms with E-state index in [0.717, 1.165) is 6.54 Å². The van der Waals surface area contributed by atoms with Gasteiger partial charge < -0.3 is 11.1 Å². The van der Waals surface area contributed by atoms with Crippen molar-refractivity contribution in [2.24, 2.45) is 11.7 Å². The molecule has 0 amide bonds. The predicted molar refractivity (Wildman–Crippen MR) is 50.6 cm³/mol. The third-order valence-electron chi connectivity index (χ3n) is 1.85. The summed E-state index contributed by atoms with van der Waals surface area (Å²) >= 11 is 0. The number of nitrogens with two attached hydrogens (primary N) is 1. The molecule has 0 aromatic carbocycles. The molecule has 0 aromatic heterocycles. The molecule has 0 spiro atoms. The van der Waals surface area contributed by atoms with Gasteiger partial charge in [-0.2, -0.15) is 0 Å². The van der Waals surface area contributed by atoms with E-state index in [1.165, 1.54) is 0 Å². The lowest BCUT2D eigenvalue weighted by Crippen LogP contribution is -2.42. The van der Waals surface area contributed by atoms with E-state index in [1.807, 2.05) is 0 Å². The smallest absolute Gasteiger partial charge is 0.00966 e. The Labute approximate surface area is 70.5 Å². The minimum atomic E-state index is 0.211. The van der Waals surface area contributed by atoms with Gasteiger partial charge in [0.05, 0.1) is 0 Å². The van der Waals surface area contributed by atoms with Crippen LogP contribution < -0.4 is 11.1 Å². The summed E-state index contributed by atoms with van der Waals surface area (Å²) < 4.78 is 0. The molecular formula is C9H22N2. The van der Waals surface area contributed by atoms with Crippen LogP contribution in [0.1, 0.15) is 34.6 Å². The number of hydrogen-bond acceptors (Lipinski definition) is 2. The van der Waals surface area contributed by atoms with Crippen molar-refractivity contribution >= 4 is 0 Å². The number of rotatable bonds is 3. The molecule has 2 atom stereocenters. The van der Waals surface area contributed by atoms with Gasteiger partial charge in [0, 0.05) is 11.6 Å². The second-order valence-electron chi connectivity index (χ2n) is 4.47. The van der Waals surface area contributed by atoms with Crippen LogP contribution in [0.2, 0.25) is 0 Å². The van der Waals surface area contributed by atoms with Crippen LogP contribution >= 0.6 is 0 Å². The summed E-state index contributed by atoms with van der Waals surface area (Å²) in [5, 5.41) is 3.42. The molecule has 0 rings (SSSR count). The molecule has 0 fully saturated rings. The average molecular weight is 158 g/mol. The van der Waals surface area contributed by atoms with Gasteiger partial charge in [-0.1, -0.05) is 6.92 Å². The fourth-order valence-electron chi connectivity index (χ4n) is 0.653. The minimum absolute atomic E-state index is 0.211. The number of hydrogen-bond donors (Lipinski definition) is 2. The van der Waals surface area contributed by atoms with Crippen molar-refractivity contribution in [2.75, 3.05) is 6.54 Å². The van der Waals surface area contributed by atoms with Crippen LogP contribution in [0.25, 0.3) is 0 Å². The van der Waals surface area contributed by atoms with Gasteiger partial charge in [0.1, 0.15) is 0 Å². The van der Waals surface area contributed by atoms with Crippen molar-refractivity contribution in [3.05, 3.63) is 0 Å². The Kier molecular flexibility index (Phi) is 4.04. The van der Waals surface area contributed by atoms with Gasteiger partial charge in [0.25, 0.3) is 0 Å². The summed E-state index contributed by atoms with van der Waals surface area (Å²) in [5.74, 6) is 0.550. The van der Waals surface area contributed by atoms with E-state index in [2.05, 4.69) is 39.9 Å². The fraction of sp³-hybridized carbons (Fsp3) is 1.00. The van der Waals surface area contributed by atoms with Crippen LogP contribution in [0.5, 0.6) is 0 Å². The SMILES string of the molecule is CC(N)C(C)CNC(C)(C)C. The third kappa shape index (κ3) is 6.32. The average Bonchev–Trinajstić information content (AvgIpc) is 1.80. The summed E-state index contributed by atoms with van der Waals surface area (Å²) in [6.07, 6.45) is 0. The molecule has 2 unspecified atom stereocenters. The van der Waals surface area contributed by atoms with Crippen molar-refractivity contribution < 1.29 is 0 Å². The summed E-state index contributed by atoms with van der Waals surface area (Å²) in [6.45, 7) is 11.7. The summed E-state index contributed by atoms with van der Waals surface area (Å²) in [4.78, 5) is 0. The molecule has 0 aliphatic carbocycles. The van der Waals surface area contributed by atoms with E-state index in [9.17, 15) is 0 Å². The molecule has 0 bridgehead atoms. The third-order valence-corrected chi connectivity index (χ3v) is 1.85. The number of nitrogens with one attached hydrogen (secondary N) is 1. The van der Waals surface area contributed by atoms with Crippen LogP contribution in [-0.4, -0.2) is 18.1 Å². The molecule has 2 heteroatoms. The van der Waals surface area contributed by atoms with Gasteiger partial charge in [0.2, 0.25) is 0 Å². The molecule has 2 nitrogen and oxygen atoms in total. The standard InChI is InChI=1S/C9H22N2/c1-7(8(2)10)6-11-9(3,4)5/h7-8,11H,6,10H2,1-5H3. The lowest BCUT2D eigenvalue weighted by molar-refractivity contribution is 0.359. The maximum atomic E-state index is 5.73. The first-order valence-corrected chi connectivity index (χ1v) is 4.33. The van der Waals surface area contributed by atoms with Gasteiger partial charge in [-0.05, 0) is 40.2 Å². The van der Waals surface area contributed by atoms with Gasteiger partial charge in [0.15, 0.2) is 0 Å². The Balaban J connectivity index is 3.54. The highest BCUT2D eigenvalue weighted by molar-refractivity contribution is 4.74. The molecule has 0 aliphatic heterocycles. The minimum Gasteiger partial charge on any atom is -0.328 e. The zero-order valence-electron chi connectivity index (χ0n) is 8.44. The summed E-state index contributed by atoms with van der Waals surface area (Å²) in [7, 11) is 0. The van der Waals surface area contributed by atoms with E-state index in [-0.39, 0.29) is 11.6 Å². The maximum absolute atomic E-state index is 5.73. The molecule has 0 aromatic rings. The summed E-state index contributed by atoms with van der Waals surface area (Å²) in [6, 6.07) is 0.282. The fourth-order valence-corrected chi connectivity index (χ4v) is 0.653. The summed E-state index contributed by atoms with van der Waals surface area (Å²) in [5.41, 5.74) is 5.94. The molecule has 68 valence electrons. The Hall–Kier alpha value is -0.0800. The van der Waals surface area contributed by atoms with Gasteiger partial charge in [-0.25, -0.2) is 0 Å². The van der Waals surface area contributed by atoms with E-state index >= 15 is 0 Å². The molecular weight excluding hydrogens is 136 g/mol. The second kappa shape index (κ2) is 4.07. The Morgan fingerprint density at radius 3 is 2.00 bits per heavy atom. The van der Waals surface area contributed by atoms with Crippen molar-refractivity contribution in [1.82, 2.24) is 5.32 Å². The Bertz CT molecular complexity index is 103. The molecule has 0 heterocycles. The van der Waals surface area contributed by atoms with Crippen LogP contribution in [0.15, 0.2) is 0 Å². The van der Waals surface area contributed by atoms with Crippen LogP contribution in [0.3, 0.4) is 0 Å². The van der Waals surface area contributed by atoms with Gasteiger partial charge in [-0.3, -0.25) is 0 Å². The van der Waals surface area contributed by atoms with Crippen LogP contribution in [-0.2, 0) is 0 Å². The normalized spacial score (nSPS) is 18.0. The molecule has 3 N–H and O–H groups in total. The topological polar surface area (TPSA) is 38.0 Å². The van der Waals surface area contributed by atoms with Gasteiger partial charge in [-0.15, -0.1) is 0 Å². The van der Waals surface area contributed by atoms with E-state index in [0.29, 0.717) is 5.92 Å². The molecule has 0 radical (unpaired) electrons. The predicted octanol–water partition coefficient (Wildman–Crippen LogP) is 1.36. The molecule has 0 saturated carbocycles. The zero-order valence-corrected chi connectivity index (χ0v) is 8.44. The van der Waals surface area contributed by atoms with Crippen molar-refractivity contribution in [2.45, 2.75) is 46.2 Å². The lowest BCUT2D eigenvalue weighted by Gasteiger charge is -2.24. The molecule has 0 aliphatic rings. The highest BCUT2D eigenvalue weighted by Gasteiger charge is 2.12. The lowest BCUT2D eigenvalue weighted by atomic mass is 10.0. The molecule has 0 saturated heterocycles. The van der Waals surface area contributed by atoms with Crippen molar-refractivity contribution in [1.29, 1.82) is 0 Å². The van der Waals surface area contributed by atoms with E-state index in [1.54, 1.807) is 0 Å². The van der Waals surface area contributed by atoms with E-state index in [4.69, 9.17) is 5.73 Å². The van der Waals surface area contributed by atoms with Crippen LogP contribution in [0, 0.1) is 5.92 Å². The van der Waals surface area contributed by atoms with E-state index < -0.39 is 0 Å². The second-order valence-corrected chi connectivity index (χ2v) is 4.47. The Morgan fingerprint density at radius 1 is 1.27 bits per heavy atom. The van der Waals surface area contributed by atoms with Crippen molar-refractivity contribution in [3.8, 4) is 0 Å². The first-order valence-electron chi connectivity index (χ1n) is 4.33. The molecule has 11 heavy (non-hydrogen) atoms. The quantitative estimate of drug-likeness (QED) is 0.651. The Morgan fingerprint density at radius 2 is 1.73 bits per heavy atom. The highest BCUT2D eigenvalue weighted by atomic mass is 14.9. The van der Waals surface area contributed by atoms with Gasteiger partial charge >= 0.3 is 0 Å². The largest absolute Gasteiger partial charge is 0.328 e. The zero-order chi connectivity index (χ0) is 9.07. The highest BCUT2D eigenvalue weighted by Crippen LogP contribution is 2.03. The monoisotopic (exact) mass is 158 g/mol. The maximum Gasteiger partial charge on any atom is 0.00966 e. The first-order chi connectivity index (χ1) is 4.83. The van der Waals surface area contributed by atoms with Crippen molar-refractivity contribution in [3.63, 3.8) is 0 Å².